The molecule has 7 heteroatoms. The van der Waals surface area contributed by atoms with E-state index in [1.807, 2.05) is 19.2 Å². The van der Waals surface area contributed by atoms with Gasteiger partial charge in [0.25, 0.3) is 5.91 Å². The number of halogens is 1. The normalized spacial score (nSPS) is 15.2. The number of hydrogen-bond acceptors (Lipinski definition) is 4. The monoisotopic (exact) mass is 344 g/mol. The molecule has 2 aromatic rings. The Hall–Kier alpha value is -2.52. The van der Waals surface area contributed by atoms with Gasteiger partial charge in [0.2, 0.25) is 0 Å². The van der Waals surface area contributed by atoms with Gasteiger partial charge in [0, 0.05) is 11.9 Å². The number of aryl methyl sites for hydroxylation is 1. The zero-order valence-corrected chi connectivity index (χ0v) is 14.2. The molecule has 3 rings (SSSR count). The second kappa shape index (κ2) is 6.17. The minimum atomic E-state index is -0.673. The second-order valence-corrected chi connectivity index (χ2v) is 6.36. The summed E-state index contributed by atoms with van der Waals surface area (Å²) in [6, 6.07) is 5.17. The van der Waals surface area contributed by atoms with E-state index in [4.69, 9.17) is 16.3 Å². The van der Waals surface area contributed by atoms with Gasteiger partial charge >= 0.3 is 0 Å². The molecule has 1 aromatic carbocycles. The molecule has 0 atom stereocenters. The molecule has 124 valence electrons. The Morgan fingerprint density at radius 2 is 2.25 bits per heavy atom. The van der Waals surface area contributed by atoms with E-state index in [9.17, 15) is 10.1 Å². The lowest BCUT2D eigenvalue weighted by Crippen LogP contribution is -2.51. The van der Waals surface area contributed by atoms with Crippen LogP contribution < -0.4 is 10.1 Å². The second-order valence-electron chi connectivity index (χ2n) is 5.95. The number of nitrogens with zero attached hydrogens (tertiary/aromatic N) is 3. The van der Waals surface area contributed by atoms with Crippen molar-refractivity contribution in [1.29, 1.82) is 5.26 Å². The van der Waals surface area contributed by atoms with Crippen LogP contribution in [0.4, 0.5) is 5.69 Å². The SMILES string of the molecule is COc1c(Cl)cc(NC(=O)C2(n3cc(C)cn3)CCC2)cc1C#N. The number of aromatic nitrogens is 2. The van der Waals surface area contributed by atoms with E-state index in [2.05, 4.69) is 10.4 Å². The van der Waals surface area contributed by atoms with Crippen LogP contribution in [0.3, 0.4) is 0 Å². The van der Waals surface area contributed by atoms with Crippen molar-refractivity contribution < 1.29 is 9.53 Å². The topological polar surface area (TPSA) is 79.9 Å². The van der Waals surface area contributed by atoms with Crippen molar-refractivity contribution in [3.63, 3.8) is 0 Å². The third-order valence-electron chi connectivity index (χ3n) is 4.38. The number of anilines is 1. The van der Waals surface area contributed by atoms with Gasteiger partial charge in [-0.1, -0.05) is 11.6 Å². The fourth-order valence-corrected chi connectivity index (χ4v) is 3.22. The number of amides is 1. The molecule has 0 radical (unpaired) electrons. The number of carbonyl (C=O) groups excluding carboxylic acids is 1. The maximum atomic E-state index is 12.9. The van der Waals surface area contributed by atoms with Crippen molar-refractivity contribution in [3.8, 4) is 11.8 Å². The number of nitriles is 1. The van der Waals surface area contributed by atoms with E-state index in [-0.39, 0.29) is 16.5 Å². The first-order valence-corrected chi connectivity index (χ1v) is 7.99. The molecule has 0 saturated heterocycles. The Morgan fingerprint density at radius 3 is 2.75 bits per heavy atom. The van der Waals surface area contributed by atoms with Gasteiger partial charge in [-0.05, 0) is 43.9 Å². The molecule has 1 heterocycles. The summed E-state index contributed by atoms with van der Waals surface area (Å²) in [7, 11) is 1.45. The van der Waals surface area contributed by atoms with E-state index < -0.39 is 5.54 Å². The molecule has 1 amide bonds. The first-order chi connectivity index (χ1) is 11.5. The molecule has 1 fully saturated rings. The van der Waals surface area contributed by atoms with Crippen LogP contribution in [0.15, 0.2) is 24.5 Å². The number of methoxy groups -OCH3 is 1. The third kappa shape index (κ3) is 2.61. The third-order valence-corrected chi connectivity index (χ3v) is 4.66. The molecule has 1 saturated carbocycles. The van der Waals surface area contributed by atoms with Crippen molar-refractivity contribution in [2.75, 3.05) is 12.4 Å². The van der Waals surface area contributed by atoms with Crippen LogP contribution in [0.1, 0.15) is 30.4 Å². The van der Waals surface area contributed by atoms with Crippen molar-refractivity contribution >= 4 is 23.2 Å². The molecule has 0 unspecified atom stereocenters. The molecular formula is C17H17ClN4O2. The highest BCUT2D eigenvalue weighted by molar-refractivity contribution is 6.32. The van der Waals surface area contributed by atoms with Gasteiger partial charge in [0.15, 0.2) is 5.75 Å². The van der Waals surface area contributed by atoms with E-state index in [0.717, 1.165) is 24.8 Å². The van der Waals surface area contributed by atoms with Crippen LogP contribution in [0, 0.1) is 18.3 Å². The smallest absolute Gasteiger partial charge is 0.252 e. The highest BCUT2D eigenvalue weighted by atomic mass is 35.5. The lowest BCUT2D eigenvalue weighted by Gasteiger charge is -2.40. The maximum absolute atomic E-state index is 12.9. The fraction of sp³-hybridized carbons (Fsp3) is 0.353. The summed E-state index contributed by atoms with van der Waals surface area (Å²) < 4.78 is 6.85. The molecule has 1 aromatic heterocycles. The summed E-state index contributed by atoms with van der Waals surface area (Å²) in [5.74, 6) is 0.153. The van der Waals surface area contributed by atoms with E-state index in [0.29, 0.717) is 11.4 Å². The van der Waals surface area contributed by atoms with Crippen LogP contribution >= 0.6 is 11.6 Å². The summed E-state index contributed by atoms with van der Waals surface area (Å²) in [5.41, 5.74) is 1.08. The molecule has 6 nitrogen and oxygen atoms in total. The Kier molecular flexibility index (Phi) is 4.20. The van der Waals surface area contributed by atoms with Gasteiger partial charge < -0.3 is 10.1 Å². The average molecular weight is 345 g/mol. The van der Waals surface area contributed by atoms with Crippen molar-refractivity contribution in [2.45, 2.75) is 31.7 Å². The van der Waals surface area contributed by atoms with Gasteiger partial charge in [-0.2, -0.15) is 10.4 Å². The largest absolute Gasteiger partial charge is 0.494 e. The Bertz CT molecular complexity index is 834. The molecule has 24 heavy (non-hydrogen) atoms. The zero-order valence-electron chi connectivity index (χ0n) is 13.5. The Balaban J connectivity index is 1.90. The number of benzene rings is 1. The number of ether oxygens (including phenoxy) is 1. The maximum Gasteiger partial charge on any atom is 0.252 e. The molecule has 0 aliphatic heterocycles. The minimum absolute atomic E-state index is 0.151. The van der Waals surface area contributed by atoms with Crippen LogP contribution in [-0.2, 0) is 10.3 Å². The van der Waals surface area contributed by atoms with Crippen LogP contribution in [0.2, 0.25) is 5.02 Å². The van der Waals surface area contributed by atoms with Gasteiger partial charge in [-0.15, -0.1) is 0 Å². The molecule has 1 N–H and O–H groups in total. The highest BCUT2D eigenvalue weighted by Crippen LogP contribution is 2.40. The fourth-order valence-electron chi connectivity index (χ4n) is 2.92. The predicted molar refractivity (Wildman–Crippen MR) is 90.1 cm³/mol. The Labute approximate surface area is 145 Å². The summed E-state index contributed by atoms with van der Waals surface area (Å²) in [6.07, 6.45) is 6.05. The summed E-state index contributed by atoms with van der Waals surface area (Å²) in [6.45, 7) is 1.94. The number of nitrogens with one attached hydrogen (secondary N) is 1. The first kappa shape index (κ1) is 16.3. The van der Waals surface area contributed by atoms with E-state index in [1.54, 1.807) is 23.0 Å². The minimum Gasteiger partial charge on any atom is -0.494 e. The summed E-state index contributed by atoms with van der Waals surface area (Å²) in [5, 5.41) is 16.7. The molecular weight excluding hydrogens is 328 g/mol. The van der Waals surface area contributed by atoms with E-state index >= 15 is 0 Å². The van der Waals surface area contributed by atoms with Crippen LogP contribution in [0.5, 0.6) is 5.75 Å². The number of carbonyl (C=O) groups is 1. The number of rotatable bonds is 4. The Morgan fingerprint density at radius 1 is 1.50 bits per heavy atom. The van der Waals surface area contributed by atoms with Crippen LogP contribution in [-0.4, -0.2) is 22.8 Å². The van der Waals surface area contributed by atoms with Gasteiger partial charge in [0.05, 0.1) is 23.9 Å². The van der Waals surface area contributed by atoms with Gasteiger partial charge in [-0.25, -0.2) is 0 Å². The summed E-state index contributed by atoms with van der Waals surface area (Å²) >= 11 is 6.13. The van der Waals surface area contributed by atoms with Crippen LogP contribution in [0.25, 0.3) is 0 Å². The van der Waals surface area contributed by atoms with Crippen molar-refractivity contribution in [2.24, 2.45) is 0 Å². The lowest BCUT2D eigenvalue weighted by molar-refractivity contribution is -0.129. The quantitative estimate of drug-likeness (QED) is 0.923. The molecule has 0 spiro atoms. The number of hydrogen-bond donors (Lipinski definition) is 1. The molecule has 1 aliphatic carbocycles. The predicted octanol–water partition coefficient (Wildman–Crippen LogP) is 3.24. The highest BCUT2D eigenvalue weighted by Gasteiger charge is 2.46. The van der Waals surface area contributed by atoms with Gasteiger partial charge in [-0.3, -0.25) is 9.48 Å². The van der Waals surface area contributed by atoms with Crippen molar-refractivity contribution in [1.82, 2.24) is 9.78 Å². The summed E-state index contributed by atoms with van der Waals surface area (Å²) in [4.78, 5) is 12.9. The first-order valence-electron chi connectivity index (χ1n) is 7.61. The lowest BCUT2D eigenvalue weighted by atomic mass is 9.76. The van der Waals surface area contributed by atoms with Gasteiger partial charge in [0.1, 0.15) is 11.6 Å². The van der Waals surface area contributed by atoms with Crippen molar-refractivity contribution in [3.05, 3.63) is 40.7 Å². The molecule has 0 bridgehead atoms. The molecule has 1 aliphatic rings. The average Bonchev–Trinajstić information content (AvgIpc) is 2.92. The van der Waals surface area contributed by atoms with E-state index in [1.165, 1.54) is 7.11 Å². The zero-order chi connectivity index (χ0) is 17.3. The standard InChI is InChI=1S/C17H17ClN4O2/c1-11-9-20-22(10-11)17(4-3-5-17)16(23)21-13-6-12(8-19)15(24-2)14(18)7-13/h6-7,9-10H,3-5H2,1-2H3,(H,21,23).